The number of nitrogens with one attached hydrogen (secondary N) is 1. The quantitative estimate of drug-likeness (QED) is 0.430. The van der Waals surface area contributed by atoms with Gasteiger partial charge in [0.1, 0.15) is 5.82 Å². The Bertz CT molecular complexity index is 1280. The van der Waals surface area contributed by atoms with Gasteiger partial charge < -0.3 is 9.88 Å². The highest BCUT2D eigenvalue weighted by Crippen LogP contribution is 2.29. The first-order valence-corrected chi connectivity index (χ1v) is 11.1. The summed E-state index contributed by atoms with van der Waals surface area (Å²) in [5, 5.41) is 5.27. The third-order valence-corrected chi connectivity index (χ3v) is 5.76. The van der Waals surface area contributed by atoms with E-state index in [1.807, 2.05) is 66.9 Å². The summed E-state index contributed by atoms with van der Waals surface area (Å²) in [4.78, 5) is 35.0. The first-order chi connectivity index (χ1) is 15.5. The lowest BCUT2D eigenvalue weighted by molar-refractivity contribution is -0.117. The van der Waals surface area contributed by atoms with E-state index in [4.69, 9.17) is 0 Å². The third-order valence-electron chi connectivity index (χ3n) is 4.92. The van der Waals surface area contributed by atoms with Crippen LogP contribution >= 0.6 is 11.3 Å². The van der Waals surface area contributed by atoms with Crippen molar-refractivity contribution < 1.29 is 9.59 Å². The van der Waals surface area contributed by atoms with Crippen LogP contribution in [0.3, 0.4) is 0 Å². The number of benzene rings is 2. The first-order valence-electron chi connectivity index (χ1n) is 10.2. The molecule has 0 radical (unpaired) electrons. The molecule has 2 amide bonds. The molecule has 0 unspecified atom stereocenters. The first kappa shape index (κ1) is 21.5. The summed E-state index contributed by atoms with van der Waals surface area (Å²) >= 11 is 1.35. The molecule has 8 heteroatoms. The van der Waals surface area contributed by atoms with Gasteiger partial charge in [0.15, 0.2) is 5.13 Å². The average Bonchev–Trinajstić information content (AvgIpc) is 3.37. The zero-order chi connectivity index (χ0) is 22.5. The zero-order valence-electron chi connectivity index (χ0n) is 17.9. The second kappa shape index (κ2) is 9.57. The average molecular weight is 446 g/mol. The molecule has 0 atom stereocenters. The van der Waals surface area contributed by atoms with E-state index in [0.29, 0.717) is 23.9 Å². The molecule has 2 heterocycles. The monoisotopic (exact) mass is 445 g/mol. The predicted molar refractivity (Wildman–Crippen MR) is 128 cm³/mol. The highest BCUT2D eigenvalue weighted by Gasteiger charge is 2.17. The van der Waals surface area contributed by atoms with E-state index in [9.17, 15) is 9.59 Å². The fourth-order valence-electron chi connectivity index (χ4n) is 3.45. The van der Waals surface area contributed by atoms with Crippen LogP contribution in [0.4, 0.5) is 10.8 Å². The molecule has 0 aliphatic rings. The maximum atomic E-state index is 12.3. The number of fused-ring (bicyclic) bond motifs is 1. The number of amides is 2. The second-order valence-electron chi connectivity index (χ2n) is 7.17. The van der Waals surface area contributed by atoms with Crippen LogP contribution in [0.2, 0.25) is 0 Å². The van der Waals surface area contributed by atoms with Crippen molar-refractivity contribution in [3.05, 3.63) is 77.6 Å². The molecule has 32 heavy (non-hydrogen) atoms. The lowest BCUT2D eigenvalue weighted by Crippen LogP contribution is -2.25. The molecule has 0 aliphatic heterocycles. The number of carbonyl (C=O) groups is 2. The number of hydrogen-bond acceptors (Lipinski definition) is 5. The minimum absolute atomic E-state index is 0.124. The van der Waals surface area contributed by atoms with E-state index < -0.39 is 0 Å². The molecule has 162 valence electrons. The molecule has 0 aliphatic carbocycles. The Morgan fingerprint density at radius 2 is 1.84 bits per heavy atom. The fourth-order valence-corrected chi connectivity index (χ4v) is 4.30. The minimum Gasteiger partial charge on any atom is -0.351 e. The molecular weight excluding hydrogens is 422 g/mol. The summed E-state index contributed by atoms with van der Waals surface area (Å²) in [7, 11) is 0. The van der Waals surface area contributed by atoms with Crippen molar-refractivity contribution in [2.24, 2.45) is 0 Å². The standard InChI is InChI=1S/C24H23N5O2S/c1-17-26-21-10-6-7-11-22(21)28(17)15-14-25-23(31)13-12-19-16-32-24(27-19)29(18(2)30)20-8-4-3-5-9-20/h3-13,16H,14-15H2,1-2H3,(H,25,31)/b13-12+. The van der Waals surface area contributed by atoms with Gasteiger partial charge in [0.2, 0.25) is 11.8 Å². The summed E-state index contributed by atoms with van der Waals surface area (Å²) in [6.45, 7) is 4.58. The fraction of sp³-hybridized carbons (Fsp3) is 0.167. The maximum Gasteiger partial charge on any atom is 0.244 e. The van der Waals surface area contributed by atoms with Crippen molar-refractivity contribution in [3.8, 4) is 0 Å². The van der Waals surface area contributed by atoms with E-state index in [2.05, 4.69) is 19.9 Å². The molecule has 0 saturated heterocycles. The van der Waals surface area contributed by atoms with Gasteiger partial charge in [-0.25, -0.2) is 9.97 Å². The van der Waals surface area contributed by atoms with Gasteiger partial charge in [-0.2, -0.15) is 0 Å². The number of hydrogen-bond donors (Lipinski definition) is 1. The van der Waals surface area contributed by atoms with E-state index in [1.54, 1.807) is 11.0 Å². The minimum atomic E-state index is -0.201. The van der Waals surface area contributed by atoms with Gasteiger partial charge in [0.05, 0.1) is 22.4 Å². The lowest BCUT2D eigenvalue weighted by atomic mass is 10.3. The normalized spacial score (nSPS) is 11.2. The Labute approximate surface area is 190 Å². The number of imidazole rings is 1. The molecule has 2 aromatic heterocycles. The molecule has 2 aromatic carbocycles. The molecule has 7 nitrogen and oxygen atoms in total. The number of carbonyl (C=O) groups excluding carboxylic acids is 2. The van der Waals surface area contributed by atoms with Crippen molar-refractivity contribution >= 4 is 51.1 Å². The van der Waals surface area contributed by atoms with E-state index in [0.717, 1.165) is 22.5 Å². The summed E-state index contributed by atoms with van der Waals surface area (Å²) in [5.41, 5.74) is 3.38. The third kappa shape index (κ3) is 4.76. The largest absolute Gasteiger partial charge is 0.351 e. The number of nitrogens with zero attached hydrogens (tertiary/aromatic N) is 4. The zero-order valence-corrected chi connectivity index (χ0v) is 18.7. The molecule has 1 N–H and O–H groups in total. The summed E-state index contributed by atoms with van der Waals surface area (Å²) in [5.74, 6) is 0.591. The van der Waals surface area contributed by atoms with Crippen molar-refractivity contribution in [2.45, 2.75) is 20.4 Å². The van der Waals surface area contributed by atoms with Crippen LogP contribution in [0.25, 0.3) is 17.1 Å². The van der Waals surface area contributed by atoms with Crippen LogP contribution in [-0.2, 0) is 16.1 Å². The Balaban J connectivity index is 1.36. The Kier molecular flexibility index (Phi) is 6.42. The molecule has 0 fully saturated rings. The summed E-state index contributed by atoms with van der Waals surface area (Å²) in [6.07, 6.45) is 3.11. The Morgan fingerprint density at radius 1 is 1.09 bits per heavy atom. The van der Waals surface area contributed by atoms with Crippen molar-refractivity contribution in [2.75, 3.05) is 11.4 Å². The molecule has 0 spiro atoms. The number of rotatable bonds is 7. The predicted octanol–water partition coefficient (Wildman–Crippen LogP) is 4.32. The number of anilines is 2. The summed E-state index contributed by atoms with van der Waals surface area (Å²) < 4.78 is 2.09. The van der Waals surface area contributed by atoms with Gasteiger partial charge in [-0.05, 0) is 37.3 Å². The van der Waals surface area contributed by atoms with Crippen molar-refractivity contribution in [1.82, 2.24) is 19.9 Å². The van der Waals surface area contributed by atoms with Crippen LogP contribution in [0.15, 0.2) is 66.1 Å². The molecule has 0 saturated carbocycles. The van der Waals surface area contributed by atoms with E-state index in [1.165, 1.54) is 24.3 Å². The van der Waals surface area contributed by atoms with Crippen LogP contribution in [0, 0.1) is 6.92 Å². The molecule has 4 rings (SSSR count). The topological polar surface area (TPSA) is 80.1 Å². The van der Waals surface area contributed by atoms with Crippen molar-refractivity contribution in [3.63, 3.8) is 0 Å². The number of aromatic nitrogens is 3. The highest BCUT2D eigenvalue weighted by molar-refractivity contribution is 7.14. The van der Waals surface area contributed by atoms with Crippen molar-refractivity contribution in [1.29, 1.82) is 0 Å². The molecule has 4 aromatic rings. The SMILES string of the molecule is CC(=O)N(c1ccccc1)c1nc(/C=C/C(=O)NCCn2c(C)nc3ccccc32)cs1. The lowest BCUT2D eigenvalue weighted by Gasteiger charge is -2.17. The Hall–Kier alpha value is -3.78. The van der Waals surface area contributed by atoms with E-state index >= 15 is 0 Å². The van der Waals surface area contributed by atoms with Gasteiger partial charge in [0, 0.05) is 31.5 Å². The molecular formula is C24H23N5O2S. The second-order valence-corrected chi connectivity index (χ2v) is 8.01. The smallest absolute Gasteiger partial charge is 0.244 e. The van der Waals surface area contributed by atoms with E-state index in [-0.39, 0.29) is 11.8 Å². The van der Waals surface area contributed by atoms with Gasteiger partial charge >= 0.3 is 0 Å². The van der Waals surface area contributed by atoms with Gasteiger partial charge in [-0.15, -0.1) is 11.3 Å². The number of thiazole rings is 1. The molecule has 0 bridgehead atoms. The van der Waals surface area contributed by atoms with Crippen LogP contribution in [0.1, 0.15) is 18.4 Å². The van der Waals surface area contributed by atoms with Gasteiger partial charge in [-0.1, -0.05) is 30.3 Å². The van der Waals surface area contributed by atoms with Crippen LogP contribution in [-0.4, -0.2) is 32.9 Å². The number of para-hydroxylation sites is 3. The van der Waals surface area contributed by atoms with Crippen LogP contribution in [0.5, 0.6) is 0 Å². The Morgan fingerprint density at radius 3 is 2.62 bits per heavy atom. The van der Waals surface area contributed by atoms with Gasteiger partial charge in [-0.3, -0.25) is 14.5 Å². The maximum absolute atomic E-state index is 12.3. The number of aryl methyl sites for hydroxylation is 1. The highest BCUT2D eigenvalue weighted by atomic mass is 32.1. The van der Waals surface area contributed by atoms with Gasteiger partial charge in [0.25, 0.3) is 0 Å². The van der Waals surface area contributed by atoms with Crippen LogP contribution < -0.4 is 10.2 Å². The summed E-state index contributed by atoms with van der Waals surface area (Å²) in [6, 6.07) is 17.3.